The van der Waals surface area contributed by atoms with E-state index in [0.717, 1.165) is 55.9 Å². The van der Waals surface area contributed by atoms with Gasteiger partial charge in [-0.3, -0.25) is 4.79 Å². The number of aromatic nitrogens is 2. The fourth-order valence-corrected chi connectivity index (χ4v) is 4.02. The number of likely N-dealkylation sites (N-methyl/N-ethyl adjacent to an activating group) is 1. The summed E-state index contributed by atoms with van der Waals surface area (Å²) in [5.41, 5.74) is 7.62. The fourth-order valence-electron chi connectivity index (χ4n) is 4.02. The molecule has 6 nitrogen and oxygen atoms in total. The molecule has 0 unspecified atom stereocenters. The number of nitrogens with one attached hydrogen (secondary N) is 2. The highest BCUT2D eigenvalue weighted by Crippen LogP contribution is 2.38. The summed E-state index contributed by atoms with van der Waals surface area (Å²) in [6.07, 6.45) is 9.02. The van der Waals surface area contributed by atoms with Crippen molar-refractivity contribution in [2.45, 2.75) is 6.92 Å². The Balaban J connectivity index is 1.68. The number of methoxy groups -OCH3 is 1. The summed E-state index contributed by atoms with van der Waals surface area (Å²) >= 11 is 0. The SMILES string of the molecule is C=Cc1cc(OC)c(-c2c[nH]c3ncc(-c4cccc(NC(=O)C=CCN(C)C)c4)cc23)cc1C. The monoisotopic (exact) mass is 466 g/mol. The summed E-state index contributed by atoms with van der Waals surface area (Å²) in [6, 6.07) is 14.0. The molecular formula is C29H30N4O2. The topological polar surface area (TPSA) is 70.2 Å². The Labute approximate surface area is 206 Å². The Morgan fingerprint density at radius 2 is 2.00 bits per heavy atom. The Kier molecular flexibility index (Phi) is 7.13. The van der Waals surface area contributed by atoms with Crippen molar-refractivity contribution in [2.75, 3.05) is 33.1 Å². The summed E-state index contributed by atoms with van der Waals surface area (Å²) < 4.78 is 5.69. The number of aryl methyl sites for hydroxylation is 1. The summed E-state index contributed by atoms with van der Waals surface area (Å²) in [4.78, 5) is 22.2. The van der Waals surface area contributed by atoms with E-state index in [2.05, 4.69) is 40.9 Å². The van der Waals surface area contributed by atoms with E-state index in [1.807, 2.05) is 73.9 Å². The van der Waals surface area contributed by atoms with Gasteiger partial charge >= 0.3 is 0 Å². The lowest BCUT2D eigenvalue weighted by molar-refractivity contribution is -0.111. The largest absolute Gasteiger partial charge is 0.496 e. The molecule has 0 aliphatic rings. The number of fused-ring (bicyclic) bond motifs is 1. The zero-order chi connectivity index (χ0) is 24.9. The molecule has 2 aromatic heterocycles. The van der Waals surface area contributed by atoms with E-state index in [4.69, 9.17) is 4.74 Å². The van der Waals surface area contributed by atoms with Crippen LogP contribution in [0.15, 0.2) is 73.6 Å². The molecule has 0 fully saturated rings. The maximum Gasteiger partial charge on any atom is 0.248 e. The zero-order valence-electron chi connectivity index (χ0n) is 20.6. The number of hydrogen-bond donors (Lipinski definition) is 2. The average Bonchev–Trinajstić information content (AvgIpc) is 3.27. The third-order valence-electron chi connectivity index (χ3n) is 5.83. The predicted octanol–water partition coefficient (Wildman–Crippen LogP) is 5.91. The Bertz CT molecular complexity index is 1420. The van der Waals surface area contributed by atoms with Gasteiger partial charge in [-0.15, -0.1) is 0 Å². The molecule has 0 saturated carbocycles. The minimum absolute atomic E-state index is 0.157. The van der Waals surface area contributed by atoms with E-state index in [9.17, 15) is 4.79 Å². The molecule has 0 atom stereocenters. The van der Waals surface area contributed by atoms with Crippen molar-refractivity contribution in [1.82, 2.24) is 14.9 Å². The number of pyridine rings is 1. The highest BCUT2D eigenvalue weighted by molar-refractivity contribution is 6.00. The predicted molar refractivity (Wildman–Crippen MR) is 145 cm³/mol. The normalized spacial score (nSPS) is 11.3. The molecule has 0 aliphatic carbocycles. The molecule has 0 spiro atoms. The van der Waals surface area contributed by atoms with Crippen LogP contribution in [0.5, 0.6) is 5.75 Å². The van der Waals surface area contributed by atoms with Gasteiger partial charge in [-0.1, -0.05) is 30.9 Å². The van der Waals surface area contributed by atoms with Crippen molar-refractivity contribution in [3.63, 3.8) is 0 Å². The third-order valence-corrected chi connectivity index (χ3v) is 5.83. The summed E-state index contributed by atoms with van der Waals surface area (Å²) in [7, 11) is 5.59. The molecule has 6 heteroatoms. The van der Waals surface area contributed by atoms with Crippen molar-refractivity contribution in [1.29, 1.82) is 0 Å². The van der Waals surface area contributed by atoms with Crippen LogP contribution in [0.25, 0.3) is 39.4 Å². The maximum atomic E-state index is 12.3. The zero-order valence-corrected chi connectivity index (χ0v) is 20.6. The van der Waals surface area contributed by atoms with Crippen molar-refractivity contribution in [3.05, 3.63) is 84.7 Å². The number of aromatic amines is 1. The van der Waals surface area contributed by atoms with Crippen LogP contribution in [0, 0.1) is 6.92 Å². The fraction of sp³-hybridized carbons (Fsp3) is 0.172. The van der Waals surface area contributed by atoms with Crippen LogP contribution in [0.1, 0.15) is 11.1 Å². The second kappa shape index (κ2) is 10.4. The number of nitrogens with zero attached hydrogens (tertiary/aromatic N) is 2. The summed E-state index contributed by atoms with van der Waals surface area (Å²) in [5.74, 6) is 0.625. The molecule has 2 aromatic carbocycles. The minimum atomic E-state index is -0.157. The molecule has 4 rings (SSSR count). The lowest BCUT2D eigenvalue weighted by Gasteiger charge is -2.12. The van der Waals surface area contributed by atoms with E-state index in [1.54, 1.807) is 13.2 Å². The second-order valence-corrected chi connectivity index (χ2v) is 8.67. The van der Waals surface area contributed by atoms with Crippen molar-refractivity contribution >= 4 is 28.7 Å². The van der Waals surface area contributed by atoms with E-state index in [1.165, 1.54) is 0 Å². The van der Waals surface area contributed by atoms with Gasteiger partial charge in [0.25, 0.3) is 0 Å². The first-order valence-corrected chi connectivity index (χ1v) is 11.4. The summed E-state index contributed by atoms with van der Waals surface area (Å²) in [6.45, 7) is 6.67. The van der Waals surface area contributed by atoms with Gasteiger partial charge in [-0.25, -0.2) is 4.98 Å². The van der Waals surface area contributed by atoms with Gasteiger partial charge in [0, 0.05) is 52.8 Å². The number of anilines is 1. The van der Waals surface area contributed by atoms with E-state index < -0.39 is 0 Å². The van der Waals surface area contributed by atoms with Crippen LogP contribution in [-0.4, -0.2) is 48.5 Å². The molecule has 0 saturated heterocycles. The Morgan fingerprint density at radius 3 is 2.74 bits per heavy atom. The number of rotatable bonds is 8. The highest BCUT2D eigenvalue weighted by Gasteiger charge is 2.15. The van der Waals surface area contributed by atoms with Gasteiger partial charge < -0.3 is 19.9 Å². The molecule has 0 bridgehead atoms. The lowest BCUT2D eigenvalue weighted by atomic mass is 9.97. The molecule has 0 aliphatic heterocycles. The van der Waals surface area contributed by atoms with Gasteiger partial charge in [0.15, 0.2) is 0 Å². The number of amides is 1. The third kappa shape index (κ3) is 5.34. The number of carbonyl (C=O) groups is 1. The van der Waals surface area contributed by atoms with Crippen LogP contribution in [0.3, 0.4) is 0 Å². The molecule has 1 amide bonds. The van der Waals surface area contributed by atoms with Gasteiger partial charge in [0.1, 0.15) is 11.4 Å². The first-order valence-electron chi connectivity index (χ1n) is 11.4. The first-order chi connectivity index (χ1) is 16.9. The van der Waals surface area contributed by atoms with Crippen LogP contribution in [0.2, 0.25) is 0 Å². The lowest BCUT2D eigenvalue weighted by Crippen LogP contribution is -2.12. The second-order valence-electron chi connectivity index (χ2n) is 8.67. The van der Waals surface area contributed by atoms with Crippen LogP contribution >= 0.6 is 0 Å². The average molecular weight is 467 g/mol. The summed E-state index contributed by atoms with van der Waals surface area (Å²) in [5, 5.41) is 3.93. The van der Waals surface area contributed by atoms with E-state index >= 15 is 0 Å². The molecule has 35 heavy (non-hydrogen) atoms. The van der Waals surface area contributed by atoms with E-state index in [-0.39, 0.29) is 5.91 Å². The number of hydrogen-bond acceptors (Lipinski definition) is 4. The first kappa shape index (κ1) is 24.0. The van der Waals surface area contributed by atoms with Crippen LogP contribution < -0.4 is 10.1 Å². The molecule has 0 radical (unpaired) electrons. The Hall–Kier alpha value is -4.16. The molecule has 2 heterocycles. The van der Waals surface area contributed by atoms with Crippen molar-refractivity contribution < 1.29 is 9.53 Å². The Morgan fingerprint density at radius 1 is 1.17 bits per heavy atom. The highest BCUT2D eigenvalue weighted by atomic mass is 16.5. The maximum absolute atomic E-state index is 12.3. The van der Waals surface area contributed by atoms with Crippen molar-refractivity contribution in [3.8, 4) is 28.0 Å². The number of ether oxygens (including phenoxy) is 1. The van der Waals surface area contributed by atoms with Gasteiger partial charge in [0.05, 0.1) is 7.11 Å². The van der Waals surface area contributed by atoms with Crippen LogP contribution in [-0.2, 0) is 4.79 Å². The molecule has 178 valence electrons. The van der Waals surface area contributed by atoms with Crippen LogP contribution in [0.4, 0.5) is 5.69 Å². The molecule has 4 aromatic rings. The minimum Gasteiger partial charge on any atom is -0.496 e. The van der Waals surface area contributed by atoms with Gasteiger partial charge in [-0.05, 0) is 68.0 Å². The number of carbonyl (C=O) groups excluding carboxylic acids is 1. The number of benzene rings is 2. The van der Waals surface area contributed by atoms with E-state index in [0.29, 0.717) is 6.54 Å². The van der Waals surface area contributed by atoms with Gasteiger partial charge in [-0.2, -0.15) is 0 Å². The molecule has 2 N–H and O–H groups in total. The smallest absolute Gasteiger partial charge is 0.248 e. The van der Waals surface area contributed by atoms with Gasteiger partial charge in [0.2, 0.25) is 5.91 Å². The standard InChI is InChI=1S/C29H30N4O2/c1-6-20-16-27(35-5)24(13-19(20)2)26-18-31-29-25(26)15-22(17-30-29)21-9-7-10-23(14-21)32-28(34)11-8-12-33(3)4/h6-11,13-18H,1,12H2,2-5H3,(H,30,31)(H,32,34). The van der Waals surface area contributed by atoms with Crippen molar-refractivity contribution in [2.24, 2.45) is 0 Å². The number of H-pyrrole nitrogens is 1. The quantitative estimate of drug-likeness (QED) is 0.317. The molecular weight excluding hydrogens is 436 g/mol.